The Morgan fingerprint density at radius 1 is 0.829 bits per heavy atom. The number of likely N-dealkylation sites (tertiary alicyclic amines) is 1. The zero-order valence-electron chi connectivity index (χ0n) is 38.4. The monoisotopic (exact) mass is 962 g/mol. The van der Waals surface area contributed by atoms with Crippen molar-refractivity contribution in [2.45, 2.75) is 51.5 Å². The Labute approximate surface area is 399 Å². The zero-order valence-corrected chi connectivity index (χ0v) is 39.2. The van der Waals surface area contributed by atoms with Gasteiger partial charge in [-0.3, -0.25) is 23.9 Å². The molecule has 0 radical (unpaired) electrons. The highest BCUT2D eigenvalue weighted by atomic mass is 32.2. The third-order valence-electron chi connectivity index (χ3n) is 11.1. The van der Waals surface area contributed by atoms with Gasteiger partial charge in [0.25, 0.3) is 15.9 Å². The van der Waals surface area contributed by atoms with Crippen molar-refractivity contribution in [3.05, 3.63) is 127 Å². The molecule has 2 aliphatic heterocycles. The van der Waals surface area contributed by atoms with Crippen molar-refractivity contribution < 1.29 is 22.1 Å². The predicted molar refractivity (Wildman–Crippen MR) is 255 cm³/mol. The fourth-order valence-electron chi connectivity index (χ4n) is 7.54. The third-order valence-corrected chi connectivity index (χ3v) is 11.7. The van der Waals surface area contributed by atoms with Gasteiger partial charge in [0.2, 0.25) is 5.65 Å². The summed E-state index contributed by atoms with van der Waals surface area (Å²) in [4.78, 5) is 35.1. The van der Waals surface area contributed by atoms with E-state index in [1.807, 2.05) is 53.5 Å². The van der Waals surface area contributed by atoms with Gasteiger partial charge in [0.05, 0.1) is 73.4 Å². The van der Waals surface area contributed by atoms with Gasteiger partial charge in [0.15, 0.2) is 11.5 Å². The van der Waals surface area contributed by atoms with Crippen LogP contribution in [0.5, 0.6) is 0 Å². The summed E-state index contributed by atoms with van der Waals surface area (Å²) in [5.74, 6) is 1.21. The van der Waals surface area contributed by atoms with Gasteiger partial charge in [-0.25, -0.2) is 24.4 Å². The number of hydrogen-bond acceptors (Lipinski definition) is 18. The number of benzene rings is 2. The molecule has 8 aromatic heterocycles. The van der Waals surface area contributed by atoms with Gasteiger partial charge in [0.1, 0.15) is 17.4 Å². The first-order valence-corrected chi connectivity index (χ1v) is 24.0. The fraction of sp³-hybridized carbons (Fsp3) is 0.283. The lowest BCUT2D eigenvalue weighted by Gasteiger charge is -2.38. The molecule has 356 valence electrons. The maximum absolute atomic E-state index is 11.5. The Morgan fingerprint density at radius 2 is 1.56 bits per heavy atom. The predicted octanol–water partition coefficient (Wildman–Crippen LogP) is 4.46. The van der Waals surface area contributed by atoms with Crippen LogP contribution in [0.4, 0.5) is 4.79 Å². The molecule has 0 saturated carbocycles. The molecule has 2 aromatic carbocycles. The number of carbonyl (C=O) groups excluding carboxylic acids is 1. The maximum Gasteiger partial charge on any atom is 0.410 e. The molecule has 0 atom stereocenters. The zero-order chi connectivity index (χ0) is 48.4. The van der Waals surface area contributed by atoms with Crippen LogP contribution < -0.4 is 5.32 Å². The maximum atomic E-state index is 11.5. The highest BCUT2D eigenvalue weighted by Crippen LogP contribution is 2.23. The summed E-state index contributed by atoms with van der Waals surface area (Å²) in [6.45, 7) is 8.28. The fourth-order valence-corrected chi connectivity index (χ4v) is 8.15. The van der Waals surface area contributed by atoms with Crippen LogP contribution in [0.2, 0.25) is 0 Å². The molecule has 2 saturated heterocycles. The lowest BCUT2D eigenvalue weighted by molar-refractivity contribution is -0.0204. The molecule has 12 rings (SSSR count). The van der Waals surface area contributed by atoms with E-state index in [-0.39, 0.29) is 13.1 Å². The Kier molecular flexibility index (Phi) is 12.4. The number of pyridine rings is 2. The first-order chi connectivity index (χ1) is 33.8. The minimum atomic E-state index is -3.45. The summed E-state index contributed by atoms with van der Waals surface area (Å²) in [7, 11) is -3.45. The Morgan fingerprint density at radius 3 is 2.24 bits per heavy atom. The number of nitrogens with zero attached hydrogens (tertiary/aromatic N) is 16. The summed E-state index contributed by atoms with van der Waals surface area (Å²) in [5, 5.41) is 38.0. The van der Waals surface area contributed by atoms with Crippen LogP contribution in [0, 0.1) is 0 Å². The van der Waals surface area contributed by atoms with Crippen molar-refractivity contribution in [2.75, 3.05) is 32.4 Å². The minimum absolute atomic E-state index is 0.252. The molecule has 23 nitrogen and oxygen atoms in total. The van der Waals surface area contributed by atoms with Gasteiger partial charge >= 0.3 is 6.09 Å². The Hall–Kier alpha value is -8.22. The molecule has 70 heavy (non-hydrogen) atoms. The van der Waals surface area contributed by atoms with E-state index >= 15 is 0 Å². The third kappa shape index (κ3) is 10.6. The van der Waals surface area contributed by atoms with Gasteiger partial charge in [0, 0.05) is 66.2 Å². The highest BCUT2D eigenvalue weighted by molar-refractivity contribution is 7.86. The summed E-state index contributed by atoms with van der Waals surface area (Å²) < 4.78 is 36.8. The van der Waals surface area contributed by atoms with Crippen LogP contribution in [-0.2, 0) is 32.0 Å². The first-order valence-electron chi connectivity index (χ1n) is 22.2. The number of nitrogens with one attached hydrogen (secondary N) is 2. The summed E-state index contributed by atoms with van der Waals surface area (Å²) in [6, 6.07) is 20.7. The topological polar surface area (TPSA) is 270 Å². The SMILES string of the molecule is CC(C)(C)OC(=O)N1CC(OS(C)(=O)=O)C1.c1cnc2ccc(Cc3nnc4ncc(-c5cn[nH]c5)nn34)cc2c1.c1cnc2ccc(Cn3nnc4ncc(-c5cnn(C6CNC6)c5)nc43)cc2c1. The van der Waals surface area contributed by atoms with Crippen molar-refractivity contribution >= 4 is 55.1 Å². The summed E-state index contributed by atoms with van der Waals surface area (Å²) in [5.41, 5.74) is 8.10. The van der Waals surface area contributed by atoms with E-state index in [1.54, 1.807) is 67.1 Å². The molecule has 1 amide bonds. The smallest absolute Gasteiger partial charge is 0.410 e. The number of aromatic amines is 1. The average Bonchev–Trinajstić information content (AvgIpc) is 4.15. The number of carbonyl (C=O) groups is 1. The van der Waals surface area contributed by atoms with E-state index in [0.29, 0.717) is 41.8 Å². The second-order valence-electron chi connectivity index (χ2n) is 17.7. The van der Waals surface area contributed by atoms with Gasteiger partial charge in [-0.2, -0.15) is 28.2 Å². The summed E-state index contributed by atoms with van der Waals surface area (Å²) >= 11 is 0. The standard InChI is InChI=1S/C20H17N9.C17H12N8.C9H17NO5S/c1-2-14-6-13(3-4-17(14)22-5-1)11-29-20-19(26-27-29)23-10-18(25-20)15-7-24-28(12-15)16-8-21-9-16;1-2-12-6-11(3-4-14(12)18-5-1)7-16-22-23-17-19-10-15(24-25(16)17)13-8-20-21-9-13;1-9(2,3)14-8(11)10-5-7(6-10)15-16(4,12)13/h1-7,10,12,16,21H,8-9,11H2;1-6,8-10H,7H2,(H,20,21);7H,5-6H2,1-4H3. The van der Waals surface area contributed by atoms with Crippen LogP contribution >= 0.6 is 0 Å². The largest absolute Gasteiger partial charge is 0.444 e. The second kappa shape index (κ2) is 19.0. The number of rotatable bonds is 9. The molecule has 0 spiro atoms. The van der Waals surface area contributed by atoms with E-state index in [0.717, 1.165) is 74.9 Å². The van der Waals surface area contributed by atoms with Crippen molar-refractivity contribution in [3.8, 4) is 22.5 Å². The Balaban J connectivity index is 0.000000127. The van der Waals surface area contributed by atoms with Gasteiger partial charge < -0.3 is 15.0 Å². The van der Waals surface area contributed by atoms with E-state index in [2.05, 4.69) is 90.4 Å². The molecule has 0 bridgehead atoms. The average molecular weight is 963 g/mol. The van der Waals surface area contributed by atoms with Crippen molar-refractivity contribution in [1.29, 1.82) is 0 Å². The molecule has 10 heterocycles. The number of aromatic nitrogens is 16. The molecule has 24 heteroatoms. The van der Waals surface area contributed by atoms with Gasteiger partial charge in [-0.05, 0) is 68.3 Å². The normalized spacial score (nSPS) is 14.2. The molecule has 2 aliphatic rings. The van der Waals surface area contributed by atoms with Crippen LogP contribution in [0.3, 0.4) is 0 Å². The molecule has 2 N–H and O–H groups in total. The van der Waals surface area contributed by atoms with Crippen molar-refractivity contribution in [1.82, 2.24) is 89.9 Å². The number of ether oxygens (including phenoxy) is 1. The van der Waals surface area contributed by atoms with Crippen molar-refractivity contribution in [2.24, 2.45) is 0 Å². The second-order valence-corrected chi connectivity index (χ2v) is 19.3. The number of H-pyrrole nitrogens is 1. The lowest BCUT2D eigenvalue weighted by atomic mass is 10.1. The Bertz CT molecular complexity index is 3580. The number of hydrogen-bond donors (Lipinski definition) is 2. The first kappa shape index (κ1) is 45.6. The van der Waals surface area contributed by atoms with E-state index in [1.165, 1.54) is 4.90 Å². The van der Waals surface area contributed by atoms with Crippen LogP contribution in [0.15, 0.2) is 110 Å². The minimum Gasteiger partial charge on any atom is -0.444 e. The van der Waals surface area contributed by atoms with Crippen LogP contribution in [0.25, 0.3) is 61.4 Å². The number of amides is 1. The quantitative estimate of drug-likeness (QED) is 0.189. The number of fused-ring (bicyclic) bond motifs is 4. The van der Waals surface area contributed by atoms with Gasteiger partial charge in [-0.15, -0.1) is 15.3 Å². The highest BCUT2D eigenvalue weighted by Gasteiger charge is 2.36. The molecular formula is C46H46N18O5S. The van der Waals surface area contributed by atoms with E-state index in [4.69, 9.17) is 13.9 Å². The molecule has 10 aromatic rings. The molecule has 2 fully saturated rings. The molecule has 0 aliphatic carbocycles. The van der Waals surface area contributed by atoms with Crippen LogP contribution in [0.1, 0.15) is 43.8 Å². The lowest BCUT2D eigenvalue weighted by Crippen LogP contribution is -2.56. The van der Waals surface area contributed by atoms with E-state index < -0.39 is 27.9 Å². The van der Waals surface area contributed by atoms with Crippen molar-refractivity contribution in [3.63, 3.8) is 0 Å². The molecular weight excluding hydrogens is 917 g/mol. The van der Waals surface area contributed by atoms with Gasteiger partial charge in [-0.1, -0.05) is 29.5 Å². The molecule has 0 unspecified atom stereocenters. The summed E-state index contributed by atoms with van der Waals surface area (Å²) in [6.07, 6.45) is 15.0. The van der Waals surface area contributed by atoms with E-state index in [9.17, 15) is 13.2 Å². The van der Waals surface area contributed by atoms with Crippen LogP contribution in [-0.4, -0.2) is 143 Å².